The third-order valence-corrected chi connectivity index (χ3v) is 7.71. The summed E-state index contributed by atoms with van der Waals surface area (Å²) >= 11 is 6.77. The van der Waals surface area contributed by atoms with Crippen molar-refractivity contribution in [2.75, 3.05) is 39.9 Å². The van der Waals surface area contributed by atoms with Gasteiger partial charge in [0, 0.05) is 32.8 Å². The van der Waals surface area contributed by atoms with E-state index in [4.69, 9.17) is 16.3 Å². The van der Waals surface area contributed by atoms with Gasteiger partial charge in [-0.25, -0.2) is 13.2 Å². The largest absolute Gasteiger partial charge is 0.465 e. The molecule has 1 atom stereocenters. The van der Waals surface area contributed by atoms with Crippen molar-refractivity contribution in [3.63, 3.8) is 0 Å². The molecule has 8 nitrogen and oxygen atoms in total. The Morgan fingerprint density at radius 1 is 1.31 bits per heavy atom. The molecule has 0 bridgehead atoms. The number of carbonyl (C=O) groups is 2. The Hall–Kier alpha value is -1.20. The fourth-order valence-electron chi connectivity index (χ4n) is 3.04. The molecule has 144 valence electrons. The molecule has 2 saturated heterocycles. The van der Waals surface area contributed by atoms with Crippen LogP contribution in [-0.2, 0) is 24.3 Å². The summed E-state index contributed by atoms with van der Waals surface area (Å²) in [4.78, 5) is 25.6. The highest BCUT2D eigenvalue weighted by molar-refractivity contribution is 7.89. The summed E-state index contributed by atoms with van der Waals surface area (Å²) in [6.45, 7) is 1.44. The van der Waals surface area contributed by atoms with E-state index in [0.717, 1.165) is 17.8 Å². The maximum absolute atomic E-state index is 12.9. The Morgan fingerprint density at radius 2 is 2.00 bits per heavy atom. The number of nitrogens with zero attached hydrogens (tertiary/aromatic N) is 2. The highest BCUT2D eigenvalue weighted by Crippen LogP contribution is 2.33. The predicted molar refractivity (Wildman–Crippen MR) is 95.0 cm³/mol. The number of amides is 1. The molecular weight excluding hydrogens is 404 g/mol. The summed E-state index contributed by atoms with van der Waals surface area (Å²) in [5.74, 6) is -0.832. The Morgan fingerprint density at radius 3 is 2.58 bits per heavy atom. The lowest BCUT2D eigenvalue weighted by atomic mass is 10.2. The number of hydrogen-bond acceptors (Lipinski definition) is 7. The predicted octanol–water partition coefficient (Wildman–Crippen LogP) is 1.20. The van der Waals surface area contributed by atoms with E-state index in [1.54, 1.807) is 4.90 Å². The van der Waals surface area contributed by atoms with Crippen molar-refractivity contribution in [3.8, 4) is 0 Å². The molecule has 11 heteroatoms. The van der Waals surface area contributed by atoms with Crippen LogP contribution in [0.5, 0.6) is 0 Å². The number of methoxy groups -OCH3 is 1. The Labute approximate surface area is 160 Å². The highest BCUT2D eigenvalue weighted by atomic mass is 35.5. The van der Waals surface area contributed by atoms with Gasteiger partial charge in [-0.3, -0.25) is 4.79 Å². The van der Waals surface area contributed by atoms with Gasteiger partial charge in [0.1, 0.15) is 15.9 Å². The number of halogens is 1. The Balaban J connectivity index is 1.72. The van der Waals surface area contributed by atoms with E-state index >= 15 is 0 Å². The number of piperazine rings is 1. The van der Waals surface area contributed by atoms with Crippen molar-refractivity contribution < 1.29 is 27.5 Å². The van der Waals surface area contributed by atoms with Crippen LogP contribution in [0, 0.1) is 0 Å². The van der Waals surface area contributed by atoms with E-state index < -0.39 is 22.1 Å². The van der Waals surface area contributed by atoms with Gasteiger partial charge >= 0.3 is 5.97 Å². The van der Waals surface area contributed by atoms with Crippen LogP contribution in [0.2, 0.25) is 4.34 Å². The topological polar surface area (TPSA) is 93.2 Å². The molecule has 2 aliphatic heterocycles. The molecule has 0 saturated carbocycles. The Kier molecular flexibility index (Phi) is 5.88. The van der Waals surface area contributed by atoms with Crippen LogP contribution in [0.1, 0.15) is 22.5 Å². The van der Waals surface area contributed by atoms with Crippen molar-refractivity contribution in [3.05, 3.63) is 15.3 Å². The molecule has 1 aromatic heterocycles. The quantitative estimate of drug-likeness (QED) is 0.677. The van der Waals surface area contributed by atoms with Gasteiger partial charge in [0.25, 0.3) is 5.91 Å². The molecule has 3 heterocycles. The van der Waals surface area contributed by atoms with E-state index in [9.17, 15) is 18.0 Å². The number of carbonyl (C=O) groups excluding carboxylic acids is 2. The maximum Gasteiger partial charge on any atom is 0.349 e. The van der Waals surface area contributed by atoms with Crippen LogP contribution < -0.4 is 0 Å². The SMILES string of the molecule is COC(=O)c1sc(Cl)cc1S(=O)(=O)N1CCN(C(=O)[C@@H]2CCCO2)CC1. The number of ether oxygens (including phenoxy) is 2. The standard InChI is InChI=1S/C15H19ClN2O6S2/c1-23-15(20)13-11(9-12(16)25-13)26(21,22)18-6-4-17(5-7-18)14(19)10-3-2-8-24-10/h9-10H,2-8H2,1H3/t10-/m0/s1. The van der Waals surface area contributed by atoms with Gasteiger partial charge in [-0.15, -0.1) is 11.3 Å². The molecular formula is C15H19ClN2O6S2. The van der Waals surface area contributed by atoms with E-state index in [-0.39, 0.29) is 46.2 Å². The van der Waals surface area contributed by atoms with Gasteiger partial charge in [-0.05, 0) is 18.9 Å². The van der Waals surface area contributed by atoms with Crippen LogP contribution in [0.15, 0.2) is 11.0 Å². The van der Waals surface area contributed by atoms with Gasteiger partial charge in [0.2, 0.25) is 10.0 Å². The fourth-order valence-corrected chi connectivity index (χ4v) is 6.16. The van der Waals surface area contributed by atoms with Crippen molar-refractivity contribution >= 4 is 44.8 Å². The summed E-state index contributed by atoms with van der Waals surface area (Å²) < 4.78 is 37.3. The van der Waals surface area contributed by atoms with E-state index in [0.29, 0.717) is 13.0 Å². The molecule has 3 rings (SSSR count). The van der Waals surface area contributed by atoms with Crippen LogP contribution in [0.3, 0.4) is 0 Å². The minimum atomic E-state index is -3.91. The number of hydrogen-bond donors (Lipinski definition) is 0. The van der Waals surface area contributed by atoms with Crippen molar-refractivity contribution in [1.82, 2.24) is 9.21 Å². The molecule has 2 fully saturated rings. The first kappa shape index (κ1) is 19.6. The molecule has 2 aliphatic rings. The highest BCUT2D eigenvalue weighted by Gasteiger charge is 2.36. The molecule has 0 aliphatic carbocycles. The summed E-state index contributed by atoms with van der Waals surface area (Å²) in [7, 11) is -2.72. The summed E-state index contributed by atoms with van der Waals surface area (Å²) in [5.41, 5.74) is 0. The first-order chi connectivity index (χ1) is 12.3. The number of sulfonamides is 1. The molecule has 1 aromatic rings. The van der Waals surface area contributed by atoms with Crippen LogP contribution in [0.4, 0.5) is 0 Å². The average molecular weight is 423 g/mol. The van der Waals surface area contributed by atoms with Gasteiger partial charge < -0.3 is 14.4 Å². The van der Waals surface area contributed by atoms with E-state index in [2.05, 4.69) is 4.74 Å². The first-order valence-electron chi connectivity index (χ1n) is 8.13. The maximum atomic E-state index is 12.9. The lowest BCUT2D eigenvalue weighted by Crippen LogP contribution is -2.52. The number of thiophene rings is 1. The van der Waals surface area contributed by atoms with Gasteiger partial charge in [0.05, 0.1) is 11.4 Å². The van der Waals surface area contributed by atoms with Crippen molar-refractivity contribution in [1.29, 1.82) is 0 Å². The van der Waals surface area contributed by atoms with Crippen LogP contribution in [-0.4, -0.2) is 75.5 Å². The molecule has 26 heavy (non-hydrogen) atoms. The Bertz CT molecular complexity index is 795. The minimum Gasteiger partial charge on any atom is -0.465 e. The average Bonchev–Trinajstić information content (AvgIpc) is 3.30. The fraction of sp³-hybridized carbons (Fsp3) is 0.600. The summed E-state index contributed by atoms with van der Waals surface area (Å²) in [6.07, 6.45) is 1.15. The summed E-state index contributed by atoms with van der Waals surface area (Å²) in [6, 6.07) is 1.26. The molecule has 0 N–H and O–H groups in total. The smallest absolute Gasteiger partial charge is 0.349 e. The second-order valence-electron chi connectivity index (χ2n) is 5.97. The summed E-state index contributed by atoms with van der Waals surface area (Å²) in [5, 5.41) is 0. The minimum absolute atomic E-state index is 0.0460. The third kappa shape index (κ3) is 3.74. The van der Waals surface area contributed by atoms with Crippen molar-refractivity contribution in [2.24, 2.45) is 0 Å². The van der Waals surface area contributed by atoms with Gasteiger partial charge in [-0.2, -0.15) is 4.31 Å². The van der Waals surface area contributed by atoms with Gasteiger partial charge in [-0.1, -0.05) is 11.6 Å². The monoisotopic (exact) mass is 422 g/mol. The van der Waals surface area contributed by atoms with Crippen molar-refractivity contribution in [2.45, 2.75) is 23.8 Å². The zero-order chi connectivity index (χ0) is 18.9. The number of esters is 1. The lowest BCUT2D eigenvalue weighted by molar-refractivity contribution is -0.142. The van der Waals surface area contributed by atoms with E-state index in [1.165, 1.54) is 17.5 Å². The van der Waals surface area contributed by atoms with E-state index in [1.807, 2.05) is 0 Å². The molecule has 0 radical (unpaired) electrons. The molecule has 1 amide bonds. The molecule has 0 unspecified atom stereocenters. The van der Waals surface area contributed by atoms with Crippen LogP contribution in [0.25, 0.3) is 0 Å². The lowest BCUT2D eigenvalue weighted by Gasteiger charge is -2.35. The molecule has 0 aromatic carbocycles. The second kappa shape index (κ2) is 7.81. The zero-order valence-electron chi connectivity index (χ0n) is 14.1. The van der Waals surface area contributed by atoms with Crippen LogP contribution >= 0.6 is 22.9 Å². The molecule has 0 spiro atoms. The normalized spacial score (nSPS) is 21.8. The number of rotatable bonds is 4. The van der Waals surface area contributed by atoms with Gasteiger partial charge in [0.15, 0.2) is 0 Å². The third-order valence-electron chi connectivity index (χ3n) is 4.41. The first-order valence-corrected chi connectivity index (χ1v) is 10.8. The second-order valence-corrected chi connectivity index (χ2v) is 9.56. The zero-order valence-corrected chi connectivity index (χ0v) is 16.5.